The lowest BCUT2D eigenvalue weighted by atomic mass is 10.0. The summed E-state index contributed by atoms with van der Waals surface area (Å²) in [7, 11) is 0. The molecule has 0 bridgehead atoms. The number of amides is 1. The van der Waals surface area contributed by atoms with E-state index in [-0.39, 0.29) is 24.5 Å². The molecule has 1 aliphatic heterocycles. The number of nitrogens with two attached hydrogens (primary N) is 1. The third kappa shape index (κ3) is 4.56. The summed E-state index contributed by atoms with van der Waals surface area (Å²) in [5.74, 6) is 0.143. The van der Waals surface area contributed by atoms with Crippen molar-refractivity contribution in [2.75, 3.05) is 32.0 Å². The molecule has 3 rings (SSSR count). The first-order valence-electron chi connectivity index (χ1n) is 8.98. The van der Waals surface area contributed by atoms with Gasteiger partial charge in [0.1, 0.15) is 0 Å². The molecule has 1 unspecified atom stereocenters. The van der Waals surface area contributed by atoms with E-state index in [2.05, 4.69) is 20.2 Å². The number of likely N-dealkylation sites (tertiary alicyclic amines) is 1. The van der Waals surface area contributed by atoms with Crippen molar-refractivity contribution >= 4 is 11.9 Å². The van der Waals surface area contributed by atoms with Gasteiger partial charge in [0.25, 0.3) is 5.91 Å². The van der Waals surface area contributed by atoms with Crippen LogP contribution in [0.3, 0.4) is 0 Å². The van der Waals surface area contributed by atoms with Gasteiger partial charge in [0.05, 0.1) is 6.61 Å². The molecule has 138 valence electrons. The number of carbonyl (C=O) groups is 1. The lowest BCUT2D eigenvalue weighted by Crippen LogP contribution is -2.45. The number of aromatic nitrogens is 2. The number of hydrogen-bond acceptors (Lipinski definition) is 6. The highest BCUT2D eigenvalue weighted by molar-refractivity contribution is 5.94. The largest absolute Gasteiger partial charge is 0.395 e. The van der Waals surface area contributed by atoms with E-state index in [1.807, 2.05) is 12.1 Å². The van der Waals surface area contributed by atoms with Crippen LogP contribution in [0.5, 0.6) is 0 Å². The molecular formula is C19H25N5O2. The molecule has 0 radical (unpaired) electrons. The van der Waals surface area contributed by atoms with Gasteiger partial charge in [-0.05, 0) is 37.1 Å². The van der Waals surface area contributed by atoms with Crippen molar-refractivity contribution in [3.8, 4) is 11.1 Å². The lowest BCUT2D eigenvalue weighted by Gasteiger charge is -2.34. The van der Waals surface area contributed by atoms with Gasteiger partial charge in [-0.2, -0.15) is 0 Å². The number of anilines is 1. The molecule has 2 aromatic rings. The molecule has 26 heavy (non-hydrogen) atoms. The minimum absolute atomic E-state index is 0.0948. The highest BCUT2D eigenvalue weighted by atomic mass is 16.3. The number of aliphatic hydroxyl groups excluding tert-OH is 1. The lowest BCUT2D eigenvalue weighted by molar-refractivity contribution is 0.0849. The molecule has 7 heteroatoms. The Bertz CT molecular complexity index is 718. The second kappa shape index (κ2) is 8.73. The Morgan fingerprint density at radius 3 is 2.62 bits per heavy atom. The average molecular weight is 355 g/mol. The van der Waals surface area contributed by atoms with Gasteiger partial charge in [0, 0.05) is 42.7 Å². The summed E-state index contributed by atoms with van der Waals surface area (Å²) in [5.41, 5.74) is 7.89. The number of nitrogens with one attached hydrogen (secondary N) is 1. The van der Waals surface area contributed by atoms with Crippen molar-refractivity contribution in [3.05, 3.63) is 42.2 Å². The van der Waals surface area contributed by atoms with Crippen molar-refractivity contribution in [2.45, 2.75) is 25.3 Å². The van der Waals surface area contributed by atoms with Crippen LogP contribution in [-0.2, 0) is 0 Å². The maximum absolute atomic E-state index is 12.3. The van der Waals surface area contributed by atoms with E-state index in [9.17, 15) is 9.90 Å². The van der Waals surface area contributed by atoms with Crippen LogP contribution in [0.15, 0.2) is 36.7 Å². The molecule has 7 nitrogen and oxygen atoms in total. The van der Waals surface area contributed by atoms with Gasteiger partial charge in [0.15, 0.2) is 0 Å². The van der Waals surface area contributed by atoms with Gasteiger partial charge < -0.3 is 16.2 Å². The third-order valence-corrected chi connectivity index (χ3v) is 4.80. The number of carbonyl (C=O) groups excluding carboxylic acids is 1. The maximum atomic E-state index is 12.3. The quantitative estimate of drug-likeness (QED) is 0.721. The fourth-order valence-corrected chi connectivity index (χ4v) is 3.28. The van der Waals surface area contributed by atoms with E-state index in [1.165, 1.54) is 6.42 Å². The predicted octanol–water partition coefficient (Wildman–Crippen LogP) is 1.30. The summed E-state index contributed by atoms with van der Waals surface area (Å²) < 4.78 is 0. The molecule has 0 spiro atoms. The third-order valence-electron chi connectivity index (χ3n) is 4.80. The van der Waals surface area contributed by atoms with Crippen molar-refractivity contribution < 1.29 is 9.90 Å². The van der Waals surface area contributed by atoms with Gasteiger partial charge in [-0.3, -0.25) is 9.69 Å². The molecule has 0 saturated carbocycles. The van der Waals surface area contributed by atoms with Gasteiger partial charge in [0.2, 0.25) is 5.95 Å². The Hall–Kier alpha value is -2.51. The topological polar surface area (TPSA) is 104 Å². The first-order chi connectivity index (χ1) is 12.7. The molecule has 1 saturated heterocycles. The Kier molecular flexibility index (Phi) is 6.14. The highest BCUT2D eigenvalue weighted by Gasteiger charge is 2.21. The fourth-order valence-electron chi connectivity index (χ4n) is 3.28. The smallest absolute Gasteiger partial charge is 0.251 e. The van der Waals surface area contributed by atoms with Gasteiger partial charge in [-0.15, -0.1) is 0 Å². The van der Waals surface area contributed by atoms with Crippen LogP contribution in [0.2, 0.25) is 0 Å². The van der Waals surface area contributed by atoms with E-state index in [4.69, 9.17) is 5.73 Å². The minimum atomic E-state index is -0.0948. The predicted molar refractivity (Wildman–Crippen MR) is 101 cm³/mol. The first kappa shape index (κ1) is 18.3. The number of nitrogen functional groups attached to an aromatic ring is 1. The standard InChI is InChI=1S/C19H25N5O2/c20-19-22-11-16(12-23-19)14-4-6-15(7-5-14)18(26)21-8-10-24-9-2-1-3-17(24)13-25/h4-7,11-12,17,25H,1-3,8-10,13H2,(H,21,26)(H2,20,22,23). The van der Waals surface area contributed by atoms with Crippen LogP contribution in [-0.4, -0.2) is 58.2 Å². The second-order valence-corrected chi connectivity index (χ2v) is 6.53. The summed E-state index contributed by atoms with van der Waals surface area (Å²) >= 11 is 0. The minimum Gasteiger partial charge on any atom is -0.395 e. The molecule has 4 N–H and O–H groups in total. The van der Waals surface area contributed by atoms with Crippen molar-refractivity contribution in [3.63, 3.8) is 0 Å². The molecule has 2 heterocycles. The zero-order valence-electron chi connectivity index (χ0n) is 14.8. The van der Waals surface area contributed by atoms with Crippen LogP contribution in [0.4, 0.5) is 5.95 Å². The van der Waals surface area contributed by atoms with Crippen molar-refractivity contribution in [1.82, 2.24) is 20.2 Å². The molecule has 1 aromatic carbocycles. The first-order valence-corrected chi connectivity index (χ1v) is 8.98. The summed E-state index contributed by atoms with van der Waals surface area (Å²) in [6, 6.07) is 7.55. The summed E-state index contributed by atoms with van der Waals surface area (Å²) in [6.45, 7) is 2.50. The molecule has 1 amide bonds. The van der Waals surface area contributed by atoms with Gasteiger partial charge in [-0.1, -0.05) is 18.6 Å². The molecular weight excluding hydrogens is 330 g/mol. The Labute approximate surface area is 153 Å². The molecule has 1 fully saturated rings. The summed E-state index contributed by atoms with van der Waals surface area (Å²) in [4.78, 5) is 22.5. The zero-order valence-corrected chi connectivity index (χ0v) is 14.8. The van der Waals surface area contributed by atoms with E-state index in [0.717, 1.165) is 37.1 Å². The molecule has 0 aliphatic carbocycles. The van der Waals surface area contributed by atoms with Gasteiger partial charge >= 0.3 is 0 Å². The monoisotopic (exact) mass is 355 g/mol. The number of rotatable bonds is 6. The summed E-state index contributed by atoms with van der Waals surface area (Å²) in [6.07, 6.45) is 6.67. The maximum Gasteiger partial charge on any atom is 0.251 e. The van der Waals surface area contributed by atoms with Crippen molar-refractivity contribution in [1.29, 1.82) is 0 Å². The highest BCUT2D eigenvalue weighted by Crippen LogP contribution is 2.18. The SMILES string of the molecule is Nc1ncc(-c2ccc(C(=O)NCCN3CCCCC3CO)cc2)cn1. The summed E-state index contributed by atoms with van der Waals surface area (Å²) in [5, 5.41) is 12.4. The van der Waals surface area contributed by atoms with E-state index in [1.54, 1.807) is 24.5 Å². The van der Waals surface area contributed by atoms with E-state index < -0.39 is 0 Å². The fraction of sp³-hybridized carbons (Fsp3) is 0.421. The normalized spacial score (nSPS) is 17.8. The van der Waals surface area contributed by atoms with Crippen molar-refractivity contribution in [2.24, 2.45) is 0 Å². The number of aliphatic hydroxyl groups is 1. The molecule has 1 atom stereocenters. The number of benzene rings is 1. The molecule has 1 aromatic heterocycles. The van der Waals surface area contributed by atoms with E-state index in [0.29, 0.717) is 12.1 Å². The molecule has 1 aliphatic rings. The Morgan fingerprint density at radius 1 is 1.19 bits per heavy atom. The van der Waals surface area contributed by atoms with Crippen LogP contribution in [0.1, 0.15) is 29.6 Å². The van der Waals surface area contributed by atoms with Gasteiger partial charge in [-0.25, -0.2) is 9.97 Å². The van der Waals surface area contributed by atoms with E-state index >= 15 is 0 Å². The Balaban J connectivity index is 1.52. The van der Waals surface area contributed by atoms with Crippen LogP contribution in [0.25, 0.3) is 11.1 Å². The van der Waals surface area contributed by atoms with Crippen LogP contribution >= 0.6 is 0 Å². The zero-order chi connectivity index (χ0) is 18.4. The second-order valence-electron chi connectivity index (χ2n) is 6.53. The number of nitrogens with zero attached hydrogens (tertiary/aromatic N) is 3. The number of piperidine rings is 1. The van der Waals surface area contributed by atoms with Crippen LogP contribution < -0.4 is 11.1 Å². The number of hydrogen-bond donors (Lipinski definition) is 3. The average Bonchev–Trinajstić information content (AvgIpc) is 2.69. The van der Waals surface area contributed by atoms with Crippen LogP contribution in [0, 0.1) is 0 Å². The Morgan fingerprint density at radius 2 is 1.92 bits per heavy atom.